The van der Waals surface area contributed by atoms with Crippen molar-refractivity contribution < 1.29 is 14.3 Å². The van der Waals surface area contributed by atoms with Crippen LogP contribution in [0.4, 0.5) is 0 Å². The van der Waals surface area contributed by atoms with Crippen molar-refractivity contribution in [2.24, 2.45) is 0 Å². The van der Waals surface area contributed by atoms with Crippen LogP contribution in [0.3, 0.4) is 0 Å². The van der Waals surface area contributed by atoms with Gasteiger partial charge in [0.15, 0.2) is 5.11 Å². The van der Waals surface area contributed by atoms with Crippen molar-refractivity contribution in [1.29, 1.82) is 0 Å². The molecule has 4 rings (SSSR count). The van der Waals surface area contributed by atoms with Crippen molar-refractivity contribution in [3.05, 3.63) is 77.6 Å². The number of para-hydroxylation sites is 1. The summed E-state index contributed by atoms with van der Waals surface area (Å²) in [6, 6.07) is 17.0. The molecule has 164 valence electrons. The number of rotatable bonds is 6. The fourth-order valence-corrected chi connectivity index (χ4v) is 3.96. The number of esters is 1. The third-order valence-electron chi connectivity index (χ3n) is 5.20. The molecule has 1 unspecified atom stereocenters. The molecule has 1 aliphatic heterocycles. The molecule has 0 bridgehead atoms. The lowest BCUT2D eigenvalue weighted by molar-refractivity contribution is -0.139. The molecule has 2 aromatic carbocycles. The van der Waals surface area contributed by atoms with Gasteiger partial charge in [0.2, 0.25) is 0 Å². The Morgan fingerprint density at radius 3 is 2.53 bits per heavy atom. The lowest BCUT2D eigenvalue weighted by atomic mass is 9.94. The number of hydrogen-bond acceptors (Lipinski definition) is 5. The molecule has 1 aliphatic rings. The molecule has 7 nitrogen and oxygen atoms in total. The molecule has 0 saturated heterocycles. The van der Waals surface area contributed by atoms with Crippen LogP contribution in [0.1, 0.15) is 25.5 Å². The summed E-state index contributed by atoms with van der Waals surface area (Å²) in [6.07, 6.45) is 1.92. The van der Waals surface area contributed by atoms with Crippen molar-refractivity contribution >= 4 is 23.3 Å². The molecule has 32 heavy (non-hydrogen) atoms. The van der Waals surface area contributed by atoms with Gasteiger partial charge >= 0.3 is 5.97 Å². The van der Waals surface area contributed by atoms with E-state index in [1.165, 1.54) is 0 Å². The molecule has 0 amide bonds. The minimum atomic E-state index is -0.516. The first kappa shape index (κ1) is 21.6. The van der Waals surface area contributed by atoms with Gasteiger partial charge in [-0.15, -0.1) is 0 Å². The molecule has 1 aromatic heterocycles. The maximum Gasteiger partial charge on any atom is 0.338 e. The quantitative estimate of drug-likeness (QED) is 0.437. The minimum Gasteiger partial charge on any atom is -0.497 e. The summed E-state index contributed by atoms with van der Waals surface area (Å²) in [4.78, 5) is 12.9. The van der Waals surface area contributed by atoms with Crippen LogP contribution in [-0.4, -0.2) is 34.6 Å². The maximum absolute atomic E-state index is 12.9. The fourth-order valence-electron chi connectivity index (χ4n) is 3.69. The fraction of sp³-hybridized carbons (Fsp3) is 0.208. The Bertz CT molecular complexity index is 1170. The van der Waals surface area contributed by atoms with E-state index in [-0.39, 0.29) is 6.61 Å². The van der Waals surface area contributed by atoms with Crippen LogP contribution >= 0.6 is 12.2 Å². The molecule has 2 N–H and O–H groups in total. The van der Waals surface area contributed by atoms with Gasteiger partial charge in [0, 0.05) is 23.0 Å². The van der Waals surface area contributed by atoms with Crippen LogP contribution in [0.2, 0.25) is 0 Å². The van der Waals surface area contributed by atoms with Crippen LogP contribution < -0.4 is 15.4 Å². The summed E-state index contributed by atoms with van der Waals surface area (Å²) in [5.74, 6) is 0.354. The maximum atomic E-state index is 12.9. The van der Waals surface area contributed by atoms with E-state index in [2.05, 4.69) is 10.6 Å². The summed E-state index contributed by atoms with van der Waals surface area (Å²) < 4.78 is 12.4. The second kappa shape index (κ2) is 9.23. The van der Waals surface area contributed by atoms with E-state index in [9.17, 15) is 4.79 Å². The van der Waals surface area contributed by atoms with E-state index >= 15 is 0 Å². The Hall–Kier alpha value is -3.65. The first-order valence-electron chi connectivity index (χ1n) is 10.3. The Morgan fingerprint density at radius 1 is 1.16 bits per heavy atom. The largest absolute Gasteiger partial charge is 0.497 e. The summed E-state index contributed by atoms with van der Waals surface area (Å²) in [7, 11) is 1.63. The highest BCUT2D eigenvalue weighted by molar-refractivity contribution is 7.80. The third kappa shape index (κ3) is 4.22. The van der Waals surface area contributed by atoms with Crippen molar-refractivity contribution in [2.45, 2.75) is 19.9 Å². The van der Waals surface area contributed by atoms with Gasteiger partial charge in [-0.3, -0.25) is 0 Å². The number of benzene rings is 2. The minimum absolute atomic E-state index is 0.279. The number of carbonyl (C=O) groups is 1. The van der Waals surface area contributed by atoms with E-state index in [0.29, 0.717) is 16.4 Å². The highest BCUT2D eigenvalue weighted by atomic mass is 32.1. The van der Waals surface area contributed by atoms with Crippen molar-refractivity contribution in [3.63, 3.8) is 0 Å². The lowest BCUT2D eigenvalue weighted by Gasteiger charge is -2.29. The van der Waals surface area contributed by atoms with E-state index in [0.717, 1.165) is 28.3 Å². The zero-order valence-electron chi connectivity index (χ0n) is 18.1. The average Bonchev–Trinajstić information content (AvgIpc) is 3.25. The molecule has 0 fully saturated rings. The van der Waals surface area contributed by atoms with E-state index < -0.39 is 12.0 Å². The smallest absolute Gasteiger partial charge is 0.338 e. The number of ether oxygens (including phenoxy) is 2. The van der Waals surface area contributed by atoms with Gasteiger partial charge in [0.25, 0.3) is 0 Å². The Kier molecular flexibility index (Phi) is 6.23. The number of nitrogens with zero attached hydrogens (tertiary/aromatic N) is 2. The molecular weight excluding hydrogens is 424 g/mol. The van der Waals surface area contributed by atoms with Gasteiger partial charge in [-0.2, -0.15) is 5.10 Å². The number of nitrogens with one attached hydrogen (secondary N) is 2. The van der Waals surface area contributed by atoms with Gasteiger partial charge in [0.05, 0.1) is 36.7 Å². The van der Waals surface area contributed by atoms with E-state index in [4.69, 9.17) is 26.8 Å². The molecule has 3 aromatic rings. The van der Waals surface area contributed by atoms with Crippen molar-refractivity contribution in [3.8, 4) is 22.7 Å². The summed E-state index contributed by atoms with van der Waals surface area (Å²) >= 11 is 5.40. The van der Waals surface area contributed by atoms with Gasteiger partial charge in [-0.05, 0) is 62.5 Å². The number of allylic oxidation sites excluding steroid dienone is 1. The number of hydrogen-bond donors (Lipinski definition) is 2. The topological polar surface area (TPSA) is 77.4 Å². The lowest BCUT2D eigenvalue weighted by Crippen LogP contribution is -2.45. The van der Waals surface area contributed by atoms with Crippen LogP contribution in [0.15, 0.2) is 72.1 Å². The Labute approximate surface area is 192 Å². The molecule has 0 radical (unpaired) electrons. The number of aromatic nitrogens is 2. The molecule has 1 atom stereocenters. The van der Waals surface area contributed by atoms with Crippen LogP contribution in [0.5, 0.6) is 5.75 Å². The highest BCUT2D eigenvalue weighted by Gasteiger charge is 2.34. The molecule has 8 heteroatoms. The standard InChI is InChI=1S/C24H24N4O3S/c1-4-31-23(29)20-15(2)25-24(32)26-22(20)19-14-28(17-8-6-5-7-9-17)27-21(19)16-10-12-18(30-3)13-11-16/h5-14,22H,4H2,1-3H3,(H2,25,26,32). The monoisotopic (exact) mass is 448 g/mol. The zero-order valence-corrected chi connectivity index (χ0v) is 18.9. The predicted octanol–water partition coefficient (Wildman–Crippen LogP) is 3.90. The summed E-state index contributed by atoms with van der Waals surface area (Å²) in [6.45, 7) is 3.88. The molecule has 2 heterocycles. The van der Waals surface area contributed by atoms with E-state index in [1.807, 2.05) is 67.7 Å². The second-order valence-electron chi connectivity index (χ2n) is 7.23. The Morgan fingerprint density at radius 2 is 1.88 bits per heavy atom. The van der Waals surface area contributed by atoms with Gasteiger partial charge in [0.1, 0.15) is 5.75 Å². The number of carbonyl (C=O) groups excluding carboxylic acids is 1. The normalized spacial score (nSPS) is 15.7. The van der Waals surface area contributed by atoms with Gasteiger partial charge < -0.3 is 20.1 Å². The van der Waals surface area contributed by atoms with E-state index in [1.54, 1.807) is 18.7 Å². The van der Waals surface area contributed by atoms with Crippen LogP contribution in [0, 0.1) is 0 Å². The van der Waals surface area contributed by atoms with Crippen molar-refractivity contribution in [2.75, 3.05) is 13.7 Å². The molecule has 0 spiro atoms. The summed E-state index contributed by atoms with van der Waals surface area (Å²) in [5.41, 5.74) is 4.47. The third-order valence-corrected chi connectivity index (χ3v) is 5.42. The zero-order chi connectivity index (χ0) is 22.7. The second-order valence-corrected chi connectivity index (χ2v) is 7.64. The first-order chi connectivity index (χ1) is 15.5. The van der Waals surface area contributed by atoms with Gasteiger partial charge in [-0.25, -0.2) is 9.48 Å². The average molecular weight is 449 g/mol. The molecule has 0 saturated carbocycles. The van der Waals surface area contributed by atoms with Gasteiger partial charge in [-0.1, -0.05) is 18.2 Å². The van der Waals surface area contributed by atoms with Crippen molar-refractivity contribution in [1.82, 2.24) is 20.4 Å². The SMILES string of the molecule is CCOC(=O)C1=C(C)NC(=S)NC1c1cn(-c2ccccc2)nc1-c1ccc(OC)cc1. The molecule has 0 aliphatic carbocycles. The van der Waals surface area contributed by atoms with Crippen LogP contribution in [0.25, 0.3) is 16.9 Å². The summed E-state index contributed by atoms with van der Waals surface area (Å²) in [5, 5.41) is 11.6. The van der Waals surface area contributed by atoms with Crippen LogP contribution in [-0.2, 0) is 9.53 Å². The first-order valence-corrected chi connectivity index (χ1v) is 10.7. The predicted molar refractivity (Wildman–Crippen MR) is 126 cm³/mol. The number of methoxy groups -OCH3 is 1. The Balaban J connectivity index is 1.89. The number of thiocarbonyl (C=S) groups is 1. The highest BCUT2D eigenvalue weighted by Crippen LogP contribution is 2.35. The molecular formula is C24H24N4O3S.